The second-order valence-electron chi connectivity index (χ2n) is 10.6. The van der Waals surface area contributed by atoms with Crippen LogP contribution in [0.25, 0.3) is 0 Å². The zero-order valence-electron chi connectivity index (χ0n) is 23.2. The molecule has 0 saturated heterocycles. The molecular weight excluding hydrogens is 536 g/mol. The van der Waals surface area contributed by atoms with E-state index < -0.39 is 35.8 Å². The molecule has 1 fully saturated rings. The first-order valence-corrected chi connectivity index (χ1v) is 13.9. The molecule has 0 spiro atoms. The van der Waals surface area contributed by atoms with Crippen LogP contribution in [0.1, 0.15) is 63.0 Å². The van der Waals surface area contributed by atoms with Crippen molar-refractivity contribution in [1.29, 1.82) is 0 Å². The van der Waals surface area contributed by atoms with Gasteiger partial charge in [-0.1, -0.05) is 61.4 Å². The molecule has 1 amide bonds. The Kier molecular flexibility index (Phi) is 12.0. The quantitative estimate of drug-likeness (QED) is 0.176. The van der Waals surface area contributed by atoms with Gasteiger partial charge in [0, 0.05) is 5.69 Å². The molecular formula is C31H36CaN2O6. The first kappa shape index (κ1) is 32.1. The molecule has 1 aliphatic carbocycles. The minimum atomic E-state index is -1.38. The Hall–Kier alpha value is -2.42. The van der Waals surface area contributed by atoms with Gasteiger partial charge in [0.15, 0.2) is 0 Å². The third kappa shape index (κ3) is 7.86. The molecule has 208 valence electrons. The van der Waals surface area contributed by atoms with Crippen LogP contribution in [0, 0.1) is 11.3 Å². The number of carboxylic acid groups (broad SMARTS) is 1. The summed E-state index contributed by atoms with van der Waals surface area (Å²) in [6.45, 7) is 1.43. The summed E-state index contributed by atoms with van der Waals surface area (Å²) >= 11 is 0. The number of esters is 1. The van der Waals surface area contributed by atoms with E-state index in [1.54, 1.807) is 19.1 Å². The largest absolute Gasteiger partial charge is 2.00 e. The van der Waals surface area contributed by atoms with E-state index >= 15 is 0 Å². The van der Waals surface area contributed by atoms with Gasteiger partial charge in [0.05, 0.1) is 25.0 Å². The first-order chi connectivity index (χ1) is 18.8. The van der Waals surface area contributed by atoms with Gasteiger partial charge in [0.1, 0.15) is 6.04 Å². The number of carboxylic acids is 1. The summed E-state index contributed by atoms with van der Waals surface area (Å²) in [6.07, 6.45) is 5.23. The summed E-state index contributed by atoms with van der Waals surface area (Å²) in [7, 11) is 0. The fourth-order valence-corrected chi connectivity index (χ4v) is 5.97. The molecule has 2 unspecified atom stereocenters. The Morgan fingerprint density at radius 1 is 1.07 bits per heavy atom. The number of ether oxygens (including phenoxy) is 1. The van der Waals surface area contributed by atoms with Gasteiger partial charge in [0.25, 0.3) is 5.91 Å². The number of aryl methyl sites for hydroxylation is 2. The first-order valence-electron chi connectivity index (χ1n) is 13.9. The maximum atomic E-state index is 13.9. The van der Waals surface area contributed by atoms with E-state index in [0.29, 0.717) is 50.6 Å². The van der Waals surface area contributed by atoms with Crippen molar-refractivity contribution >= 4 is 67.2 Å². The second kappa shape index (κ2) is 15.0. The van der Waals surface area contributed by atoms with Gasteiger partial charge in [0.2, 0.25) is 0 Å². The van der Waals surface area contributed by atoms with Crippen molar-refractivity contribution in [3.63, 3.8) is 0 Å². The van der Waals surface area contributed by atoms with Gasteiger partial charge >= 0.3 is 43.7 Å². The van der Waals surface area contributed by atoms with E-state index in [9.17, 15) is 24.6 Å². The van der Waals surface area contributed by atoms with Gasteiger partial charge in [-0.3, -0.25) is 14.6 Å². The summed E-state index contributed by atoms with van der Waals surface area (Å²) in [6, 6.07) is 16.0. The van der Waals surface area contributed by atoms with E-state index in [4.69, 9.17) is 4.74 Å². The number of hydrogen-bond acceptors (Lipinski definition) is 7. The number of fused-ring (bicyclic) bond motifs is 1. The van der Waals surface area contributed by atoms with Crippen LogP contribution in [-0.2, 0) is 32.0 Å². The van der Waals surface area contributed by atoms with Crippen LogP contribution in [-0.4, -0.2) is 80.7 Å². The monoisotopic (exact) mass is 572 g/mol. The molecule has 0 bridgehead atoms. The summed E-state index contributed by atoms with van der Waals surface area (Å²) in [4.78, 5) is 43.6. The number of para-hydroxylation sites is 1. The molecule has 2 aromatic rings. The second-order valence-corrected chi connectivity index (χ2v) is 10.6. The number of hydrogen-bond donors (Lipinski definition) is 0. The molecule has 4 rings (SSSR count). The minimum absolute atomic E-state index is 0. The van der Waals surface area contributed by atoms with Crippen molar-refractivity contribution in [2.75, 3.05) is 18.1 Å². The topological polar surface area (TPSA) is 122 Å². The van der Waals surface area contributed by atoms with Crippen molar-refractivity contribution in [2.24, 2.45) is 16.3 Å². The molecule has 2 aliphatic rings. The van der Waals surface area contributed by atoms with Gasteiger partial charge < -0.3 is 24.6 Å². The fraction of sp³-hybridized carbons (Fsp3) is 0.484. The number of anilines is 1. The number of amides is 1. The van der Waals surface area contributed by atoms with Crippen LogP contribution < -0.4 is 15.1 Å². The molecule has 2 atom stereocenters. The molecule has 2 aromatic carbocycles. The summed E-state index contributed by atoms with van der Waals surface area (Å²) < 4.78 is 5.39. The fourth-order valence-electron chi connectivity index (χ4n) is 5.97. The number of nitrogens with zero attached hydrogens (tertiary/aromatic N) is 2. The molecule has 8 nitrogen and oxygen atoms in total. The summed E-state index contributed by atoms with van der Waals surface area (Å²) in [5.74, 6) is -3.05. The van der Waals surface area contributed by atoms with Gasteiger partial charge in [-0.2, -0.15) is 0 Å². The zero-order chi connectivity index (χ0) is 27.8. The predicted molar refractivity (Wildman–Crippen MR) is 150 cm³/mol. The molecule has 0 radical (unpaired) electrons. The molecule has 0 aromatic heterocycles. The Morgan fingerprint density at radius 2 is 1.75 bits per heavy atom. The maximum Gasteiger partial charge on any atom is 2.00 e. The van der Waals surface area contributed by atoms with Crippen molar-refractivity contribution in [1.82, 2.24) is 0 Å². The van der Waals surface area contributed by atoms with E-state index in [0.717, 1.165) is 24.0 Å². The number of benzene rings is 2. The smallest absolute Gasteiger partial charge is 0.862 e. The normalized spacial score (nSPS) is 19.2. The SMILES string of the molecule is CCOC(=O)C(CCc1ccccc1)CC1(C([O-])=NC2CCc3ccccc3N(CC(=O)[O-])C2=O)CCCC1.[Ca+2]. The third-order valence-electron chi connectivity index (χ3n) is 7.98. The maximum absolute atomic E-state index is 13.9. The van der Waals surface area contributed by atoms with E-state index in [1.807, 2.05) is 42.5 Å². The van der Waals surface area contributed by atoms with Crippen LogP contribution >= 0.6 is 0 Å². The van der Waals surface area contributed by atoms with E-state index in [1.165, 1.54) is 4.90 Å². The molecule has 40 heavy (non-hydrogen) atoms. The predicted octanol–water partition coefficient (Wildman–Crippen LogP) is 2.22. The van der Waals surface area contributed by atoms with Gasteiger partial charge in [-0.15, -0.1) is 0 Å². The van der Waals surface area contributed by atoms with Crippen molar-refractivity contribution < 1.29 is 29.3 Å². The Balaban J connectivity index is 0.00000441. The minimum Gasteiger partial charge on any atom is -0.862 e. The average Bonchev–Trinajstić information content (AvgIpc) is 3.38. The van der Waals surface area contributed by atoms with Gasteiger partial charge in [-0.05, 0) is 80.4 Å². The Labute approximate surface area is 265 Å². The third-order valence-corrected chi connectivity index (χ3v) is 7.98. The van der Waals surface area contributed by atoms with Crippen LogP contribution in [0.5, 0.6) is 0 Å². The molecule has 1 saturated carbocycles. The van der Waals surface area contributed by atoms with Gasteiger partial charge in [-0.25, -0.2) is 0 Å². The Morgan fingerprint density at radius 3 is 2.42 bits per heavy atom. The number of rotatable bonds is 11. The van der Waals surface area contributed by atoms with E-state index in [2.05, 4.69) is 4.99 Å². The van der Waals surface area contributed by atoms with Crippen molar-refractivity contribution in [3.05, 3.63) is 65.7 Å². The van der Waals surface area contributed by atoms with Crippen LogP contribution in [0.3, 0.4) is 0 Å². The molecule has 0 N–H and O–H groups in total. The number of carbonyl (C=O) groups excluding carboxylic acids is 3. The molecule has 1 heterocycles. The molecule has 9 heteroatoms. The zero-order valence-corrected chi connectivity index (χ0v) is 25.4. The Bertz CT molecular complexity index is 1200. The number of aliphatic carboxylic acids is 1. The average molecular weight is 573 g/mol. The summed E-state index contributed by atoms with van der Waals surface area (Å²) in [5, 5.41) is 25.3. The number of aliphatic imine (C=N–C) groups is 1. The van der Waals surface area contributed by atoms with Crippen LogP contribution in [0.2, 0.25) is 0 Å². The van der Waals surface area contributed by atoms with Crippen LogP contribution in [0.4, 0.5) is 5.69 Å². The summed E-state index contributed by atoms with van der Waals surface area (Å²) in [5.41, 5.74) is 1.61. The van der Waals surface area contributed by atoms with Crippen molar-refractivity contribution in [2.45, 2.75) is 70.8 Å². The molecule has 1 aliphatic heterocycles. The standard InChI is InChI=1S/C31H38N2O6.Ca/c1-2-39-29(37)24(15-14-22-10-4-3-5-11-22)20-31(18-8-9-19-31)30(38)32-25-17-16-23-12-6-7-13-26(23)33(28(25)36)21-27(34)35;/h3-7,10-13,24-25H,2,8-9,14-21H2,1H3,(H,32,38)(H,34,35);/q;+2/p-2. The van der Waals surface area contributed by atoms with E-state index in [-0.39, 0.29) is 56.2 Å². The van der Waals surface area contributed by atoms with Crippen molar-refractivity contribution in [3.8, 4) is 0 Å². The number of carbonyl (C=O) groups is 3. The van der Waals surface area contributed by atoms with Crippen LogP contribution in [0.15, 0.2) is 59.6 Å².